The molecule has 34 heavy (non-hydrogen) atoms. The highest BCUT2D eigenvalue weighted by atomic mass is 16.6. The number of non-ortho nitro benzene ring substituents is 1. The second kappa shape index (κ2) is 9.84. The number of rotatable bonds is 8. The number of nitrogens with zero attached hydrogens (tertiary/aromatic N) is 3. The van der Waals surface area contributed by atoms with E-state index in [2.05, 4.69) is 10.2 Å². The quantitative estimate of drug-likeness (QED) is 0.230. The third-order valence-corrected chi connectivity index (χ3v) is 6.04. The Morgan fingerprint density at radius 1 is 1.06 bits per heavy atom. The first kappa shape index (κ1) is 23.1. The Morgan fingerprint density at radius 3 is 2.41 bits per heavy atom. The average molecular weight is 458 g/mol. The molecule has 1 amide bonds. The Bertz CT molecular complexity index is 1370. The number of nitro groups is 1. The normalized spacial score (nSPS) is 11.3. The summed E-state index contributed by atoms with van der Waals surface area (Å²) in [6.45, 7) is 6.54. The van der Waals surface area contributed by atoms with Crippen molar-refractivity contribution in [3.05, 3.63) is 87.5 Å². The van der Waals surface area contributed by atoms with Crippen LogP contribution in [-0.4, -0.2) is 40.3 Å². The number of hydrogen-bond donors (Lipinski definition) is 2. The molecule has 174 valence electrons. The molecule has 1 aromatic heterocycles. The molecule has 8 nitrogen and oxygen atoms in total. The number of nitrogens with one attached hydrogen (secondary N) is 1. The predicted octanol–water partition coefficient (Wildman–Crippen LogP) is 4.44. The lowest BCUT2D eigenvalue weighted by Gasteiger charge is -2.20. The molecule has 1 heterocycles. The number of para-hydroxylation sites is 2. The Kier molecular flexibility index (Phi) is 6.70. The van der Waals surface area contributed by atoms with Crippen LogP contribution in [0.1, 0.15) is 28.4 Å². The molecule has 4 rings (SSSR count). The molecular weight excluding hydrogens is 430 g/mol. The summed E-state index contributed by atoms with van der Waals surface area (Å²) in [7, 11) is 0. The second-order valence-electron chi connectivity index (χ2n) is 8.25. The number of pyridine rings is 1. The maximum absolute atomic E-state index is 13.0. The zero-order valence-corrected chi connectivity index (χ0v) is 19.2. The molecule has 3 N–H and O–H groups in total. The molecule has 0 unspecified atom stereocenters. The first-order valence-corrected chi connectivity index (χ1v) is 11.2. The van der Waals surface area contributed by atoms with Crippen molar-refractivity contribution in [3.63, 3.8) is 0 Å². The molecule has 0 saturated heterocycles. The zero-order chi connectivity index (χ0) is 24.2. The Balaban J connectivity index is 1.47. The molecule has 0 aliphatic rings. The van der Waals surface area contributed by atoms with E-state index in [1.165, 1.54) is 12.1 Å². The van der Waals surface area contributed by atoms with Crippen LogP contribution in [-0.2, 0) is 6.54 Å². The second-order valence-corrected chi connectivity index (χ2v) is 8.25. The number of fused-ring (bicyclic) bond motifs is 2. The third kappa shape index (κ3) is 4.67. The van der Waals surface area contributed by atoms with Gasteiger partial charge in [0, 0.05) is 42.5 Å². The van der Waals surface area contributed by atoms with Gasteiger partial charge in [0.05, 0.1) is 27.2 Å². The number of carbonyl (C=O) groups is 1. The van der Waals surface area contributed by atoms with Crippen LogP contribution >= 0.6 is 0 Å². The summed E-state index contributed by atoms with van der Waals surface area (Å²) in [5.41, 5.74) is 11.0. The topological polar surface area (TPSA) is 114 Å². The smallest absolute Gasteiger partial charge is 0.269 e. The van der Waals surface area contributed by atoms with Gasteiger partial charge < -0.3 is 11.1 Å². The molecule has 4 aromatic rings. The number of amides is 1. The van der Waals surface area contributed by atoms with Gasteiger partial charge in [-0.1, -0.05) is 49.4 Å². The fraction of sp³-hybridized carbons (Fsp3) is 0.231. The Morgan fingerprint density at radius 2 is 1.74 bits per heavy atom. The summed E-state index contributed by atoms with van der Waals surface area (Å²) in [5, 5.41) is 15.5. The largest absolute Gasteiger partial charge is 0.398 e. The molecule has 8 heteroatoms. The van der Waals surface area contributed by atoms with Gasteiger partial charge >= 0.3 is 0 Å². The minimum atomic E-state index is -0.406. The number of nitrogens with two attached hydrogens (primary N) is 1. The standard InChI is InChI=1S/C26H27N5O3/c1-3-30(16-18-10-12-19(13-11-18)31(33)34)15-14-28-26(32)22-9-5-8-21-23(27)20-7-4-6-17(2)24(20)29-25(21)22/h4-13H,3,14-16H2,1-2H3,(H2,27,29)(H,28,32). The number of carbonyl (C=O) groups excluding carboxylic acids is 1. The van der Waals surface area contributed by atoms with Crippen LogP contribution in [0.25, 0.3) is 21.8 Å². The van der Waals surface area contributed by atoms with Crippen molar-refractivity contribution in [2.75, 3.05) is 25.4 Å². The zero-order valence-electron chi connectivity index (χ0n) is 19.2. The molecular formula is C26H27N5O3. The highest BCUT2D eigenvalue weighted by Gasteiger charge is 2.16. The molecule has 0 atom stereocenters. The lowest BCUT2D eigenvalue weighted by atomic mass is 10.0. The van der Waals surface area contributed by atoms with E-state index in [0.717, 1.165) is 34.0 Å². The lowest BCUT2D eigenvalue weighted by Crippen LogP contribution is -2.34. The van der Waals surface area contributed by atoms with E-state index >= 15 is 0 Å². The van der Waals surface area contributed by atoms with Crippen LogP contribution in [0.15, 0.2) is 60.7 Å². The summed E-state index contributed by atoms with van der Waals surface area (Å²) >= 11 is 0. The number of nitro benzene ring substituents is 1. The molecule has 0 radical (unpaired) electrons. The van der Waals surface area contributed by atoms with Crippen LogP contribution in [0.2, 0.25) is 0 Å². The SMILES string of the molecule is CCN(CCNC(=O)c1cccc2c(N)c3cccc(C)c3nc12)Cc1ccc([N+](=O)[O-])cc1. The van der Waals surface area contributed by atoms with E-state index < -0.39 is 4.92 Å². The van der Waals surface area contributed by atoms with Gasteiger partial charge in [-0.15, -0.1) is 0 Å². The molecule has 0 bridgehead atoms. The number of anilines is 1. The number of hydrogen-bond acceptors (Lipinski definition) is 6. The summed E-state index contributed by atoms with van der Waals surface area (Å²) in [6, 6.07) is 17.9. The van der Waals surface area contributed by atoms with Crippen LogP contribution in [0.3, 0.4) is 0 Å². The van der Waals surface area contributed by atoms with Gasteiger partial charge in [-0.05, 0) is 30.7 Å². The third-order valence-electron chi connectivity index (χ3n) is 6.04. The van der Waals surface area contributed by atoms with Crippen LogP contribution in [0.4, 0.5) is 11.4 Å². The number of nitrogen functional groups attached to an aromatic ring is 1. The number of benzene rings is 3. The average Bonchev–Trinajstić information content (AvgIpc) is 2.84. The van der Waals surface area contributed by atoms with Crippen molar-refractivity contribution in [2.45, 2.75) is 20.4 Å². The van der Waals surface area contributed by atoms with Crippen molar-refractivity contribution in [1.29, 1.82) is 0 Å². The fourth-order valence-electron chi connectivity index (χ4n) is 4.10. The molecule has 0 aliphatic heterocycles. The fourth-order valence-corrected chi connectivity index (χ4v) is 4.10. The maximum Gasteiger partial charge on any atom is 0.269 e. The highest BCUT2D eigenvalue weighted by molar-refractivity contribution is 6.13. The first-order valence-electron chi connectivity index (χ1n) is 11.2. The van der Waals surface area contributed by atoms with E-state index in [0.29, 0.717) is 36.4 Å². The monoisotopic (exact) mass is 457 g/mol. The van der Waals surface area contributed by atoms with Crippen molar-refractivity contribution in [3.8, 4) is 0 Å². The lowest BCUT2D eigenvalue weighted by molar-refractivity contribution is -0.384. The van der Waals surface area contributed by atoms with Gasteiger partial charge in [0.2, 0.25) is 0 Å². The maximum atomic E-state index is 13.0. The molecule has 3 aromatic carbocycles. The van der Waals surface area contributed by atoms with Crippen LogP contribution in [0.5, 0.6) is 0 Å². The minimum Gasteiger partial charge on any atom is -0.398 e. The molecule has 0 spiro atoms. The number of aryl methyl sites for hydroxylation is 1. The van der Waals surface area contributed by atoms with Gasteiger partial charge in [-0.2, -0.15) is 0 Å². The van der Waals surface area contributed by atoms with E-state index in [1.54, 1.807) is 18.2 Å². The van der Waals surface area contributed by atoms with Gasteiger partial charge in [0.15, 0.2) is 0 Å². The summed E-state index contributed by atoms with van der Waals surface area (Å²) < 4.78 is 0. The van der Waals surface area contributed by atoms with E-state index in [-0.39, 0.29) is 11.6 Å². The minimum absolute atomic E-state index is 0.0753. The van der Waals surface area contributed by atoms with Gasteiger partial charge in [0.25, 0.3) is 11.6 Å². The first-order chi connectivity index (χ1) is 16.4. The highest BCUT2D eigenvalue weighted by Crippen LogP contribution is 2.31. The van der Waals surface area contributed by atoms with Crippen molar-refractivity contribution < 1.29 is 9.72 Å². The van der Waals surface area contributed by atoms with Gasteiger partial charge in [-0.25, -0.2) is 4.98 Å². The van der Waals surface area contributed by atoms with Crippen LogP contribution in [0, 0.1) is 17.0 Å². The van der Waals surface area contributed by atoms with Crippen molar-refractivity contribution >= 4 is 39.1 Å². The number of likely N-dealkylation sites (N-methyl/N-ethyl adjacent to an activating group) is 1. The summed E-state index contributed by atoms with van der Waals surface area (Å²) in [6.07, 6.45) is 0. The van der Waals surface area contributed by atoms with E-state index in [9.17, 15) is 14.9 Å². The van der Waals surface area contributed by atoms with Crippen molar-refractivity contribution in [1.82, 2.24) is 15.2 Å². The van der Waals surface area contributed by atoms with E-state index in [1.807, 2.05) is 44.2 Å². The Hall–Kier alpha value is -4.04. The number of aromatic nitrogens is 1. The summed E-state index contributed by atoms with van der Waals surface area (Å²) in [4.78, 5) is 30.4. The molecule has 0 aliphatic carbocycles. The Labute approximate surface area is 197 Å². The molecule has 0 fully saturated rings. The van der Waals surface area contributed by atoms with Gasteiger partial charge in [-0.3, -0.25) is 19.8 Å². The van der Waals surface area contributed by atoms with Crippen LogP contribution < -0.4 is 11.1 Å². The molecule has 0 saturated carbocycles. The predicted molar refractivity (Wildman–Crippen MR) is 135 cm³/mol. The summed E-state index contributed by atoms with van der Waals surface area (Å²) in [5.74, 6) is -0.197. The van der Waals surface area contributed by atoms with Gasteiger partial charge in [0.1, 0.15) is 0 Å². The van der Waals surface area contributed by atoms with Crippen molar-refractivity contribution in [2.24, 2.45) is 0 Å². The van der Waals surface area contributed by atoms with E-state index in [4.69, 9.17) is 10.7 Å².